The van der Waals surface area contributed by atoms with Crippen LogP contribution in [0.4, 0.5) is 0 Å². The molecule has 2 rings (SSSR count). The molecule has 1 saturated heterocycles. The minimum atomic E-state index is -0.738. The Morgan fingerprint density at radius 3 is 2.77 bits per heavy atom. The number of thiophene rings is 1. The van der Waals surface area contributed by atoms with Gasteiger partial charge in [0.05, 0.1) is 0 Å². The van der Waals surface area contributed by atoms with Gasteiger partial charge < -0.3 is 5.11 Å². The van der Waals surface area contributed by atoms with Crippen LogP contribution >= 0.6 is 11.3 Å². The third-order valence-corrected chi connectivity index (χ3v) is 3.05. The van der Waals surface area contributed by atoms with Crippen molar-refractivity contribution in [3.05, 3.63) is 22.4 Å². The number of carboxylic acids is 1. The molecule has 0 saturated carbocycles. The van der Waals surface area contributed by atoms with Crippen molar-refractivity contribution >= 4 is 17.3 Å². The highest BCUT2D eigenvalue weighted by molar-refractivity contribution is 7.08. The fourth-order valence-electron chi connectivity index (χ4n) is 1.54. The van der Waals surface area contributed by atoms with Crippen LogP contribution < -0.4 is 0 Å². The van der Waals surface area contributed by atoms with Gasteiger partial charge in [-0.1, -0.05) is 0 Å². The second-order valence-electron chi connectivity index (χ2n) is 3.19. The molecular weight excluding hydrogens is 186 g/mol. The molecule has 0 aromatic carbocycles. The lowest BCUT2D eigenvalue weighted by molar-refractivity contribution is -0.145. The topological polar surface area (TPSA) is 40.5 Å². The summed E-state index contributed by atoms with van der Waals surface area (Å²) in [6.45, 7) is 1.82. The van der Waals surface area contributed by atoms with Gasteiger partial charge in [0.25, 0.3) is 0 Å². The van der Waals surface area contributed by atoms with E-state index in [0.717, 1.165) is 25.1 Å². The molecule has 0 bridgehead atoms. The number of carbonyl (C=O) groups is 1. The smallest absolute Gasteiger partial charge is 0.325 e. The molecule has 1 N–H and O–H groups in total. The number of likely N-dealkylation sites (tertiary alicyclic amines) is 1. The Morgan fingerprint density at radius 2 is 2.38 bits per heavy atom. The number of nitrogens with zero attached hydrogens (tertiary/aromatic N) is 1. The highest BCUT2D eigenvalue weighted by Gasteiger charge is 2.31. The lowest BCUT2D eigenvalue weighted by Gasteiger charge is -2.35. The van der Waals surface area contributed by atoms with Gasteiger partial charge in [0, 0.05) is 13.1 Å². The Balaban J connectivity index is 2.18. The van der Waals surface area contributed by atoms with E-state index in [9.17, 15) is 4.79 Å². The molecule has 1 atom stereocenters. The van der Waals surface area contributed by atoms with Crippen LogP contribution in [0.1, 0.15) is 18.0 Å². The van der Waals surface area contributed by atoms with Gasteiger partial charge in [0.1, 0.15) is 6.04 Å². The summed E-state index contributed by atoms with van der Waals surface area (Å²) in [6.07, 6.45) is 1.12. The standard InChI is InChI=1S/C9H11NO2S/c11-9(12)8(10-3-1-4-10)7-2-5-13-6-7/h2,5-6,8H,1,3-4H2,(H,11,12). The van der Waals surface area contributed by atoms with Crippen LogP contribution in [0.25, 0.3) is 0 Å². The molecule has 13 heavy (non-hydrogen) atoms. The molecule has 1 fully saturated rings. The second kappa shape index (κ2) is 3.47. The SMILES string of the molecule is O=C(O)C(c1ccsc1)N1CCC1. The molecule has 2 heterocycles. The van der Waals surface area contributed by atoms with E-state index in [2.05, 4.69) is 0 Å². The van der Waals surface area contributed by atoms with Gasteiger partial charge >= 0.3 is 5.97 Å². The predicted octanol–water partition coefficient (Wildman–Crippen LogP) is 1.58. The summed E-state index contributed by atoms with van der Waals surface area (Å²) in [6, 6.07) is 1.47. The van der Waals surface area contributed by atoms with Crippen LogP contribution in [0.3, 0.4) is 0 Å². The first-order chi connectivity index (χ1) is 6.29. The van der Waals surface area contributed by atoms with E-state index in [4.69, 9.17) is 5.11 Å². The fourth-order valence-corrected chi connectivity index (χ4v) is 2.22. The van der Waals surface area contributed by atoms with Gasteiger partial charge in [-0.2, -0.15) is 11.3 Å². The maximum atomic E-state index is 11.0. The lowest BCUT2D eigenvalue weighted by Crippen LogP contribution is -2.43. The summed E-state index contributed by atoms with van der Waals surface area (Å²) in [7, 11) is 0. The van der Waals surface area contributed by atoms with E-state index >= 15 is 0 Å². The zero-order valence-electron chi connectivity index (χ0n) is 7.14. The monoisotopic (exact) mass is 197 g/mol. The van der Waals surface area contributed by atoms with Crippen molar-refractivity contribution in [2.45, 2.75) is 12.5 Å². The molecule has 0 spiro atoms. The van der Waals surface area contributed by atoms with E-state index in [-0.39, 0.29) is 0 Å². The summed E-state index contributed by atoms with van der Waals surface area (Å²) in [5, 5.41) is 12.9. The van der Waals surface area contributed by atoms with Crippen molar-refractivity contribution in [2.24, 2.45) is 0 Å². The summed E-state index contributed by atoms with van der Waals surface area (Å²) < 4.78 is 0. The third-order valence-electron chi connectivity index (χ3n) is 2.35. The van der Waals surface area contributed by atoms with Crippen LogP contribution in [-0.2, 0) is 4.79 Å². The Hall–Kier alpha value is -0.870. The molecule has 0 amide bonds. The number of carboxylic acid groups (broad SMARTS) is 1. The van der Waals surface area contributed by atoms with Gasteiger partial charge in [-0.15, -0.1) is 0 Å². The van der Waals surface area contributed by atoms with Crippen molar-refractivity contribution in [1.82, 2.24) is 4.90 Å². The Morgan fingerprint density at radius 1 is 1.62 bits per heavy atom. The average molecular weight is 197 g/mol. The molecule has 4 heteroatoms. The number of aliphatic carboxylic acids is 1. The van der Waals surface area contributed by atoms with Crippen LogP contribution in [0.2, 0.25) is 0 Å². The van der Waals surface area contributed by atoms with Crippen molar-refractivity contribution in [2.75, 3.05) is 13.1 Å². The number of hydrogen-bond donors (Lipinski definition) is 1. The molecule has 1 aromatic rings. The van der Waals surface area contributed by atoms with Crippen molar-refractivity contribution in [3.63, 3.8) is 0 Å². The van der Waals surface area contributed by atoms with E-state index in [1.807, 2.05) is 21.7 Å². The van der Waals surface area contributed by atoms with Crippen LogP contribution in [0.15, 0.2) is 16.8 Å². The predicted molar refractivity (Wildman–Crippen MR) is 50.9 cm³/mol. The number of hydrogen-bond acceptors (Lipinski definition) is 3. The van der Waals surface area contributed by atoms with Crippen molar-refractivity contribution in [3.8, 4) is 0 Å². The van der Waals surface area contributed by atoms with E-state index in [1.54, 1.807) is 11.3 Å². The summed E-state index contributed by atoms with van der Waals surface area (Å²) in [5.41, 5.74) is 0.914. The molecular formula is C9H11NO2S. The summed E-state index contributed by atoms with van der Waals surface area (Å²) >= 11 is 1.55. The summed E-state index contributed by atoms with van der Waals surface area (Å²) in [5.74, 6) is -0.738. The third kappa shape index (κ3) is 1.59. The first-order valence-corrected chi connectivity index (χ1v) is 5.22. The normalized spacial score (nSPS) is 19.4. The maximum absolute atomic E-state index is 11.0. The molecule has 70 valence electrons. The van der Waals surface area contributed by atoms with E-state index < -0.39 is 12.0 Å². The minimum absolute atomic E-state index is 0.417. The van der Waals surface area contributed by atoms with Gasteiger partial charge in [-0.25, -0.2) is 0 Å². The highest BCUT2D eigenvalue weighted by atomic mass is 32.1. The Labute approximate surface area is 80.6 Å². The molecule has 3 nitrogen and oxygen atoms in total. The Kier molecular flexibility index (Phi) is 2.33. The second-order valence-corrected chi connectivity index (χ2v) is 3.97. The molecule has 0 aliphatic carbocycles. The largest absolute Gasteiger partial charge is 0.480 e. The zero-order chi connectivity index (χ0) is 9.26. The first kappa shape index (κ1) is 8.72. The summed E-state index contributed by atoms with van der Waals surface area (Å²) in [4.78, 5) is 13.0. The number of rotatable bonds is 3. The highest BCUT2D eigenvalue weighted by Crippen LogP contribution is 2.27. The van der Waals surface area contributed by atoms with Crippen molar-refractivity contribution in [1.29, 1.82) is 0 Å². The average Bonchev–Trinajstić information content (AvgIpc) is 2.46. The van der Waals surface area contributed by atoms with Crippen molar-refractivity contribution < 1.29 is 9.90 Å². The van der Waals surface area contributed by atoms with Crippen LogP contribution in [0, 0.1) is 0 Å². The molecule has 1 aliphatic heterocycles. The zero-order valence-corrected chi connectivity index (χ0v) is 7.96. The minimum Gasteiger partial charge on any atom is -0.480 e. The fraction of sp³-hybridized carbons (Fsp3) is 0.444. The maximum Gasteiger partial charge on any atom is 0.325 e. The van der Waals surface area contributed by atoms with Gasteiger partial charge in [0.15, 0.2) is 0 Å². The molecule has 1 aromatic heterocycles. The molecule has 1 unspecified atom stereocenters. The lowest BCUT2D eigenvalue weighted by atomic mass is 10.1. The van der Waals surface area contributed by atoms with Gasteiger partial charge in [0.2, 0.25) is 0 Å². The van der Waals surface area contributed by atoms with Gasteiger partial charge in [-0.05, 0) is 28.8 Å². The van der Waals surface area contributed by atoms with Crippen LogP contribution in [-0.4, -0.2) is 29.1 Å². The molecule has 1 aliphatic rings. The van der Waals surface area contributed by atoms with Gasteiger partial charge in [-0.3, -0.25) is 9.69 Å². The van der Waals surface area contributed by atoms with E-state index in [0.29, 0.717) is 0 Å². The van der Waals surface area contributed by atoms with E-state index in [1.165, 1.54) is 0 Å². The Bertz CT molecular complexity index is 293. The first-order valence-electron chi connectivity index (χ1n) is 4.28. The molecule has 0 radical (unpaired) electrons. The van der Waals surface area contributed by atoms with Crippen LogP contribution in [0.5, 0.6) is 0 Å². The quantitative estimate of drug-likeness (QED) is 0.799.